The molecular weight excluding hydrogens is 272 g/mol. The van der Waals surface area contributed by atoms with Crippen LogP contribution >= 0.6 is 15.9 Å². The number of hydrogen-bond donors (Lipinski definition) is 0. The first-order valence-electron chi connectivity index (χ1n) is 4.66. The average Bonchev–Trinajstić information content (AvgIpc) is 2.30. The molecule has 0 unspecified atom stereocenters. The van der Waals surface area contributed by atoms with Crippen LogP contribution in [0.3, 0.4) is 0 Å². The Hall–Kier alpha value is -1.49. The van der Waals surface area contributed by atoms with Crippen molar-refractivity contribution < 1.29 is 9.53 Å². The first-order valence-corrected chi connectivity index (χ1v) is 5.45. The summed E-state index contributed by atoms with van der Waals surface area (Å²) in [7, 11) is 1.57. The predicted octanol–water partition coefficient (Wildman–Crippen LogP) is 1.78. The van der Waals surface area contributed by atoms with Gasteiger partial charge in [0.05, 0.1) is 12.8 Å². The van der Waals surface area contributed by atoms with Crippen LogP contribution in [0.15, 0.2) is 33.9 Å². The van der Waals surface area contributed by atoms with Crippen molar-refractivity contribution in [1.82, 2.24) is 4.98 Å². The summed E-state index contributed by atoms with van der Waals surface area (Å²) < 4.78 is 6.05. The van der Waals surface area contributed by atoms with Crippen LogP contribution in [-0.2, 0) is 4.79 Å². The summed E-state index contributed by atoms with van der Waals surface area (Å²) in [4.78, 5) is 19.4. The lowest BCUT2D eigenvalue weighted by Crippen LogP contribution is -2.12. The summed E-state index contributed by atoms with van der Waals surface area (Å²) in [5, 5.41) is 0. The van der Waals surface area contributed by atoms with Crippen molar-refractivity contribution in [1.29, 1.82) is 0 Å². The number of ketones is 1. The highest BCUT2D eigenvalue weighted by atomic mass is 79.9. The van der Waals surface area contributed by atoms with Crippen molar-refractivity contribution in [3.8, 4) is 5.75 Å². The van der Waals surface area contributed by atoms with Gasteiger partial charge in [0.25, 0.3) is 0 Å². The minimum Gasteiger partial charge on any atom is -0.494 e. The summed E-state index contributed by atoms with van der Waals surface area (Å²) in [5.74, 6) is 0.631. The van der Waals surface area contributed by atoms with E-state index in [1.54, 1.807) is 19.4 Å². The number of dihydropyridines is 1. The lowest BCUT2D eigenvalue weighted by Gasteiger charge is -2.09. The fourth-order valence-corrected chi connectivity index (χ4v) is 1.67. The topological polar surface area (TPSA) is 51.6 Å². The van der Waals surface area contributed by atoms with Crippen LogP contribution in [0.4, 0.5) is 0 Å². The molecule has 1 aromatic rings. The van der Waals surface area contributed by atoms with E-state index >= 15 is 0 Å². The van der Waals surface area contributed by atoms with Crippen LogP contribution in [0, 0.1) is 0 Å². The molecule has 0 amide bonds. The zero-order valence-electron chi connectivity index (χ0n) is 8.61. The molecule has 2 rings (SSSR count). The lowest BCUT2D eigenvalue weighted by molar-refractivity contribution is -0.113. The maximum Gasteiger partial charge on any atom is 0.177 e. The zero-order valence-corrected chi connectivity index (χ0v) is 10.2. The number of aliphatic imine (C=N–C) groups is 1. The van der Waals surface area contributed by atoms with Gasteiger partial charge in [-0.25, -0.2) is 4.98 Å². The Morgan fingerprint density at radius 2 is 2.25 bits per heavy atom. The minimum absolute atomic E-state index is 0.000159. The molecule has 1 aromatic heterocycles. The summed E-state index contributed by atoms with van der Waals surface area (Å²) in [6.07, 6.45) is 4.83. The van der Waals surface area contributed by atoms with Crippen molar-refractivity contribution >= 4 is 27.4 Å². The van der Waals surface area contributed by atoms with E-state index in [4.69, 9.17) is 4.74 Å². The molecule has 4 nitrogen and oxygen atoms in total. The summed E-state index contributed by atoms with van der Waals surface area (Å²) in [6, 6.07) is 1.81. The SMILES string of the molecule is COc1cc(Br)cnc1C1=NCC(=O)C=C1. The van der Waals surface area contributed by atoms with Crippen LogP contribution in [0.5, 0.6) is 5.75 Å². The third-order valence-electron chi connectivity index (χ3n) is 2.11. The number of carbonyl (C=O) groups is 1. The van der Waals surface area contributed by atoms with Crippen molar-refractivity contribution in [2.45, 2.75) is 0 Å². The lowest BCUT2D eigenvalue weighted by atomic mass is 10.1. The van der Waals surface area contributed by atoms with Gasteiger partial charge in [-0.15, -0.1) is 0 Å². The normalized spacial score (nSPS) is 14.9. The Labute approximate surface area is 101 Å². The van der Waals surface area contributed by atoms with Gasteiger partial charge in [-0.2, -0.15) is 0 Å². The van der Waals surface area contributed by atoms with Crippen LogP contribution in [0.25, 0.3) is 0 Å². The van der Waals surface area contributed by atoms with Gasteiger partial charge in [-0.05, 0) is 34.1 Å². The number of halogens is 1. The van der Waals surface area contributed by atoms with E-state index in [1.165, 1.54) is 6.08 Å². The number of ether oxygens (including phenoxy) is 1. The summed E-state index contributed by atoms with van der Waals surface area (Å²) in [5.41, 5.74) is 1.32. The van der Waals surface area contributed by atoms with Crippen molar-refractivity contribution in [2.24, 2.45) is 4.99 Å². The largest absolute Gasteiger partial charge is 0.494 e. The van der Waals surface area contributed by atoms with E-state index in [9.17, 15) is 4.79 Å². The number of hydrogen-bond acceptors (Lipinski definition) is 4. The molecule has 0 N–H and O–H groups in total. The van der Waals surface area contributed by atoms with Gasteiger partial charge in [0, 0.05) is 10.7 Å². The average molecular weight is 281 g/mol. The van der Waals surface area contributed by atoms with E-state index in [0.717, 1.165) is 4.47 Å². The number of nitrogens with zero attached hydrogens (tertiary/aromatic N) is 2. The third kappa shape index (κ3) is 2.19. The fraction of sp³-hybridized carbons (Fsp3) is 0.182. The van der Waals surface area contributed by atoms with Crippen LogP contribution < -0.4 is 4.74 Å². The number of pyridine rings is 1. The first-order chi connectivity index (χ1) is 7.70. The molecule has 1 aliphatic rings. The van der Waals surface area contributed by atoms with Gasteiger partial charge >= 0.3 is 0 Å². The molecule has 5 heteroatoms. The maximum atomic E-state index is 11.0. The molecule has 0 spiro atoms. The Morgan fingerprint density at radius 1 is 1.44 bits per heavy atom. The van der Waals surface area contributed by atoms with Crippen molar-refractivity contribution in [3.63, 3.8) is 0 Å². The van der Waals surface area contributed by atoms with E-state index in [1.807, 2.05) is 6.07 Å². The number of aromatic nitrogens is 1. The molecule has 0 aliphatic carbocycles. The second-order valence-corrected chi connectivity index (χ2v) is 4.12. The highest BCUT2D eigenvalue weighted by Crippen LogP contribution is 2.22. The molecule has 0 bridgehead atoms. The molecule has 1 aliphatic heterocycles. The van der Waals surface area contributed by atoms with Gasteiger partial charge in [-0.1, -0.05) is 0 Å². The second kappa shape index (κ2) is 4.57. The number of carbonyl (C=O) groups excluding carboxylic acids is 1. The van der Waals surface area contributed by atoms with E-state index in [2.05, 4.69) is 25.9 Å². The van der Waals surface area contributed by atoms with Crippen LogP contribution in [0.2, 0.25) is 0 Å². The number of methoxy groups -OCH3 is 1. The van der Waals surface area contributed by atoms with Gasteiger partial charge in [0.15, 0.2) is 5.78 Å². The Balaban J connectivity index is 2.41. The molecule has 0 saturated heterocycles. The Morgan fingerprint density at radius 3 is 2.88 bits per heavy atom. The molecule has 0 atom stereocenters. The Bertz CT molecular complexity index is 495. The monoisotopic (exact) mass is 280 g/mol. The van der Waals surface area contributed by atoms with Gasteiger partial charge < -0.3 is 4.74 Å². The van der Waals surface area contributed by atoms with E-state index < -0.39 is 0 Å². The highest BCUT2D eigenvalue weighted by molar-refractivity contribution is 9.10. The molecule has 0 radical (unpaired) electrons. The first kappa shape index (κ1) is 11.0. The fourth-order valence-electron chi connectivity index (χ4n) is 1.36. The van der Waals surface area contributed by atoms with E-state index in [0.29, 0.717) is 17.2 Å². The second-order valence-electron chi connectivity index (χ2n) is 3.21. The van der Waals surface area contributed by atoms with Crippen molar-refractivity contribution in [2.75, 3.05) is 13.7 Å². The standard InChI is InChI=1S/C11H9BrN2O2/c1-16-10-4-7(12)5-14-11(10)9-3-2-8(15)6-13-9/h2-5H,6H2,1H3. The van der Waals surface area contributed by atoms with Gasteiger partial charge in [0.2, 0.25) is 0 Å². The van der Waals surface area contributed by atoms with Gasteiger partial charge in [0.1, 0.15) is 18.0 Å². The molecular formula is C11H9BrN2O2. The molecule has 0 saturated carbocycles. The molecule has 2 heterocycles. The highest BCUT2D eigenvalue weighted by Gasteiger charge is 2.13. The number of rotatable bonds is 2. The van der Waals surface area contributed by atoms with Crippen LogP contribution in [0.1, 0.15) is 5.69 Å². The third-order valence-corrected chi connectivity index (χ3v) is 2.55. The zero-order chi connectivity index (χ0) is 11.5. The molecule has 16 heavy (non-hydrogen) atoms. The smallest absolute Gasteiger partial charge is 0.177 e. The van der Waals surface area contributed by atoms with Gasteiger partial charge in [-0.3, -0.25) is 9.79 Å². The van der Waals surface area contributed by atoms with E-state index in [-0.39, 0.29) is 12.3 Å². The molecule has 0 aromatic carbocycles. The molecule has 0 fully saturated rings. The van der Waals surface area contributed by atoms with Crippen molar-refractivity contribution in [3.05, 3.63) is 34.6 Å². The van der Waals surface area contributed by atoms with Crippen LogP contribution in [-0.4, -0.2) is 30.1 Å². The number of allylic oxidation sites excluding steroid dienone is 1. The minimum atomic E-state index is -0.000159. The maximum absolute atomic E-state index is 11.0. The molecule has 82 valence electrons. The predicted molar refractivity (Wildman–Crippen MR) is 64.0 cm³/mol. The quantitative estimate of drug-likeness (QED) is 0.830. The summed E-state index contributed by atoms with van der Waals surface area (Å²) in [6.45, 7) is 0.173. The summed E-state index contributed by atoms with van der Waals surface area (Å²) >= 11 is 3.32. The Kier molecular flexibility index (Phi) is 3.14.